The summed E-state index contributed by atoms with van der Waals surface area (Å²) in [5.74, 6) is 4.98. The minimum Gasteiger partial charge on any atom is -0.345 e. The molecule has 1 aliphatic rings. The number of carbonyl (C=O) groups is 1. The number of rotatable bonds is 2. The number of carbonyl (C=O) groups excluding carboxylic acids is 1. The Balaban J connectivity index is 2.23. The van der Waals surface area contributed by atoms with E-state index in [1.807, 2.05) is 0 Å². The molecule has 4 nitrogen and oxygen atoms in total. The highest BCUT2D eigenvalue weighted by Crippen LogP contribution is 2.09. The maximum Gasteiger partial charge on any atom is 0.209 e. The first kappa shape index (κ1) is 7.50. The Bertz CT molecular complexity index is 110. The van der Waals surface area contributed by atoms with E-state index in [1.165, 1.54) is 0 Å². The normalized spacial score (nSPS) is 21.1. The summed E-state index contributed by atoms with van der Waals surface area (Å²) in [4.78, 5) is 16.6. The van der Waals surface area contributed by atoms with Crippen molar-refractivity contribution in [2.45, 2.75) is 18.9 Å². The second-order valence-electron chi connectivity index (χ2n) is 2.48. The Kier molecular flexibility index (Phi) is 2.65. The molecule has 1 heterocycles. The number of nitrogens with zero attached hydrogens (tertiary/aromatic N) is 1. The summed E-state index contributed by atoms with van der Waals surface area (Å²) in [5.41, 5.74) is 0. The number of piperidine rings is 1. The summed E-state index contributed by atoms with van der Waals surface area (Å²) in [6.07, 6.45) is 2.73. The first-order valence-corrected chi connectivity index (χ1v) is 3.41. The van der Waals surface area contributed by atoms with Gasteiger partial charge in [0, 0.05) is 13.1 Å². The molecule has 4 heteroatoms. The standard InChI is InChI=1S/C6H12N2O2/c7-10-6-1-3-8(5-9)4-2-6/h5-6H,1-4,7H2. The highest BCUT2D eigenvalue weighted by atomic mass is 16.6. The van der Waals surface area contributed by atoms with E-state index in [2.05, 4.69) is 4.84 Å². The van der Waals surface area contributed by atoms with Gasteiger partial charge in [-0.3, -0.25) is 4.79 Å². The molecular formula is C6H12N2O2. The fraction of sp³-hybridized carbons (Fsp3) is 0.833. The summed E-state index contributed by atoms with van der Waals surface area (Å²) in [5, 5.41) is 0. The Morgan fingerprint density at radius 2 is 2.10 bits per heavy atom. The maximum absolute atomic E-state index is 10.2. The summed E-state index contributed by atoms with van der Waals surface area (Å²) in [6, 6.07) is 0. The molecule has 0 unspecified atom stereocenters. The number of likely N-dealkylation sites (tertiary alicyclic amines) is 1. The van der Waals surface area contributed by atoms with Gasteiger partial charge in [-0.05, 0) is 12.8 Å². The quantitative estimate of drug-likeness (QED) is 0.420. The lowest BCUT2D eigenvalue weighted by atomic mass is 10.1. The van der Waals surface area contributed by atoms with Crippen molar-refractivity contribution in [3.05, 3.63) is 0 Å². The molecule has 0 aromatic carbocycles. The fourth-order valence-corrected chi connectivity index (χ4v) is 1.12. The average Bonchev–Trinajstić information content (AvgIpc) is 2.05. The minimum absolute atomic E-state index is 0.149. The zero-order valence-electron chi connectivity index (χ0n) is 5.82. The van der Waals surface area contributed by atoms with E-state index in [4.69, 9.17) is 5.90 Å². The van der Waals surface area contributed by atoms with E-state index in [1.54, 1.807) is 4.90 Å². The van der Waals surface area contributed by atoms with Crippen LogP contribution in [0.4, 0.5) is 0 Å². The second-order valence-corrected chi connectivity index (χ2v) is 2.48. The van der Waals surface area contributed by atoms with Crippen LogP contribution in [0.2, 0.25) is 0 Å². The molecule has 2 N–H and O–H groups in total. The lowest BCUT2D eigenvalue weighted by Crippen LogP contribution is -2.36. The van der Waals surface area contributed by atoms with Crippen LogP contribution >= 0.6 is 0 Å². The largest absolute Gasteiger partial charge is 0.345 e. The molecule has 0 atom stereocenters. The van der Waals surface area contributed by atoms with Gasteiger partial charge in [0.25, 0.3) is 0 Å². The third kappa shape index (κ3) is 1.68. The van der Waals surface area contributed by atoms with E-state index in [0.717, 1.165) is 32.3 Å². The Morgan fingerprint density at radius 3 is 2.50 bits per heavy atom. The molecule has 1 saturated heterocycles. The molecule has 0 bridgehead atoms. The molecule has 0 radical (unpaired) electrons. The van der Waals surface area contributed by atoms with Gasteiger partial charge in [0.1, 0.15) is 0 Å². The highest BCUT2D eigenvalue weighted by molar-refractivity contribution is 5.47. The van der Waals surface area contributed by atoms with Gasteiger partial charge < -0.3 is 9.74 Å². The van der Waals surface area contributed by atoms with E-state index in [0.29, 0.717) is 0 Å². The molecule has 0 aliphatic carbocycles. The van der Waals surface area contributed by atoms with Gasteiger partial charge in [-0.15, -0.1) is 0 Å². The fourth-order valence-electron chi connectivity index (χ4n) is 1.12. The van der Waals surface area contributed by atoms with Crippen LogP contribution in [-0.4, -0.2) is 30.5 Å². The van der Waals surface area contributed by atoms with Crippen molar-refractivity contribution in [3.8, 4) is 0 Å². The van der Waals surface area contributed by atoms with E-state index >= 15 is 0 Å². The zero-order valence-corrected chi connectivity index (χ0v) is 5.82. The molecule has 1 amide bonds. The molecule has 58 valence electrons. The Hall–Kier alpha value is -0.610. The van der Waals surface area contributed by atoms with Crippen molar-refractivity contribution in [2.24, 2.45) is 5.90 Å². The monoisotopic (exact) mass is 144 g/mol. The molecule has 1 fully saturated rings. The van der Waals surface area contributed by atoms with Crippen LogP contribution in [0.5, 0.6) is 0 Å². The number of hydrogen-bond donors (Lipinski definition) is 1. The molecule has 0 saturated carbocycles. The van der Waals surface area contributed by atoms with Crippen LogP contribution in [0, 0.1) is 0 Å². The predicted molar refractivity (Wildman–Crippen MR) is 35.9 cm³/mol. The van der Waals surface area contributed by atoms with Crippen molar-refractivity contribution in [2.75, 3.05) is 13.1 Å². The van der Waals surface area contributed by atoms with Crippen molar-refractivity contribution >= 4 is 6.41 Å². The van der Waals surface area contributed by atoms with Crippen LogP contribution in [0.25, 0.3) is 0 Å². The van der Waals surface area contributed by atoms with E-state index < -0.39 is 0 Å². The van der Waals surface area contributed by atoms with Crippen molar-refractivity contribution < 1.29 is 9.63 Å². The lowest BCUT2D eigenvalue weighted by molar-refractivity contribution is -0.120. The van der Waals surface area contributed by atoms with Crippen LogP contribution in [0.15, 0.2) is 0 Å². The third-order valence-corrected chi connectivity index (χ3v) is 1.82. The molecule has 10 heavy (non-hydrogen) atoms. The predicted octanol–water partition coefficient (Wildman–Crippen LogP) is -0.503. The van der Waals surface area contributed by atoms with E-state index in [9.17, 15) is 4.79 Å². The van der Waals surface area contributed by atoms with Gasteiger partial charge in [0.15, 0.2) is 0 Å². The topological polar surface area (TPSA) is 55.6 Å². The van der Waals surface area contributed by atoms with Gasteiger partial charge in [-0.25, -0.2) is 5.90 Å². The molecule has 0 aromatic heterocycles. The van der Waals surface area contributed by atoms with Crippen LogP contribution in [0.3, 0.4) is 0 Å². The van der Waals surface area contributed by atoms with Gasteiger partial charge in [0.05, 0.1) is 6.10 Å². The summed E-state index contributed by atoms with van der Waals surface area (Å²) < 4.78 is 0. The molecule has 0 spiro atoms. The lowest BCUT2D eigenvalue weighted by Gasteiger charge is -2.27. The zero-order chi connectivity index (χ0) is 7.40. The number of hydrogen-bond acceptors (Lipinski definition) is 3. The maximum atomic E-state index is 10.2. The van der Waals surface area contributed by atoms with E-state index in [-0.39, 0.29) is 6.10 Å². The van der Waals surface area contributed by atoms with Crippen molar-refractivity contribution in [1.29, 1.82) is 0 Å². The van der Waals surface area contributed by atoms with Gasteiger partial charge in [-0.2, -0.15) is 0 Å². The minimum atomic E-state index is 0.149. The first-order valence-electron chi connectivity index (χ1n) is 3.41. The summed E-state index contributed by atoms with van der Waals surface area (Å²) in [6.45, 7) is 1.54. The summed E-state index contributed by atoms with van der Waals surface area (Å²) >= 11 is 0. The first-order chi connectivity index (χ1) is 4.86. The average molecular weight is 144 g/mol. The number of nitrogens with two attached hydrogens (primary N) is 1. The second kappa shape index (κ2) is 3.53. The van der Waals surface area contributed by atoms with Gasteiger partial charge >= 0.3 is 0 Å². The highest BCUT2D eigenvalue weighted by Gasteiger charge is 2.17. The molecule has 0 aromatic rings. The Morgan fingerprint density at radius 1 is 1.50 bits per heavy atom. The van der Waals surface area contributed by atoms with Crippen molar-refractivity contribution in [1.82, 2.24) is 4.90 Å². The van der Waals surface area contributed by atoms with Crippen LogP contribution in [0.1, 0.15) is 12.8 Å². The SMILES string of the molecule is NOC1CCN(C=O)CC1. The van der Waals surface area contributed by atoms with Gasteiger partial charge in [0.2, 0.25) is 6.41 Å². The summed E-state index contributed by atoms with van der Waals surface area (Å²) in [7, 11) is 0. The molecular weight excluding hydrogens is 132 g/mol. The molecule has 1 aliphatic heterocycles. The van der Waals surface area contributed by atoms with Crippen molar-refractivity contribution in [3.63, 3.8) is 0 Å². The smallest absolute Gasteiger partial charge is 0.209 e. The number of amides is 1. The molecule has 1 rings (SSSR count). The Labute approximate surface area is 59.9 Å². The van der Waals surface area contributed by atoms with Gasteiger partial charge in [-0.1, -0.05) is 0 Å². The third-order valence-electron chi connectivity index (χ3n) is 1.82. The van der Waals surface area contributed by atoms with Crippen LogP contribution < -0.4 is 5.90 Å². The van der Waals surface area contributed by atoms with Crippen LogP contribution in [-0.2, 0) is 9.63 Å².